The quantitative estimate of drug-likeness (QED) is 0.159. The molecule has 2 aliphatic carbocycles. The molecule has 45 heavy (non-hydrogen) atoms. The molecule has 0 aliphatic heterocycles. The summed E-state index contributed by atoms with van der Waals surface area (Å²) in [5.74, 6) is -0.654. The molecule has 1 N–H and O–H groups in total. The highest BCUT2D eigenvalue weighted by atomic mass is 127. The van der Waals surface area contributed by atoms with Gasteiger partial charge in [-0.2, -0.15) is 21.6 Å². The van der Waals surface area contributed by atoms with Gasteiger partial charge in [-0.1, -0.05) is 140 Å². The lowest BCUT2D eigenvalue weighted by molar-refractivity contribution is -0.175. The van der Waals surface area contributed by atoms with Gasteiger partial charge >= 0.3 is 6.18 Å². The number of hydrogen-bond donors (Lipinski definition) is 1. The van der Waals surface area contributed by atoms with Crippen LogP contribution in [0.5, 0.6) is 0 Å². The molecule has 2 unspecified atom stereocenters. The van der Waals surface area contributed by atoms with Gasteiger partial charge in [-0.25, -0.2) is 0 Å². The number of benzene rings is 4. The van der Waals surface area contributed by atoms with E-state index in [-0.39, 0.29) is 16.9 Å². The molecule has 0 radical (unpaired) electrons. The van der Waals surface area contributed by atoms with Crippen molar-refractivity contribution in [1.82, 2.24) is 0 Å². The van der Waals surface area contributed by atoms with E-state index in [9.17, 15) is 26.1 Å². The van der Waals surface area contributed by atoms with E-state index in [1.165, 1.54) is 30.4 Å². The van der Waals surface area contributed by atoms with Crippen molar-refractivity contribution in [2.24, 2.45) is 0 Å². The highest BCUT2D eigenvalue weighted by Crippen LogP contribution is 2.60. The lowest BCUT2D eigenvalue weighted by Crippen LogP contribution is -2.43. The van der Waals surface area contributed by atoms with Crippen molar-refractivity contribution in [3.05, 3.63) is 188 Å². The standard InChI is InChI=1S/C37H28F3IO3S/c38-37(39,40)35(28-15-7-2-8-16-28)23-21-26(22-24-35)31-25-32(45(42,43)44)34(41)33(27-13-5-1-6-14-27)36(31,29-17-9-3-10-18-29)30-19-11-4-12-20-30/h1-23,25,33H,24H2,(H,42,43,44). The Bertz CT molecular complexity index is 1890. The molecule has 0 aromatic heterocycles. The lowest BCUT2D eigenvalue weighted by Gasteiger charge is -2.48. The van der Waals surface area contributed by atoms with Gasteiger partial charge in [0.25, 0.3) is 10.1 Å². The monoisotopic (exact) mass is 736 g/mol. The first kappa shape index (κ1) is 31.3. The lowest BCUT2D eigenvalue weighted by atomic mass is 9.56. The molecular weight excluding hydrogens is 708 g/mol. The van der Waals surface area contributed by atoms with Crippen molar-refractivity contribution < 1.29 is 26.1 Å². The third kappa shape index (κ3) is 5.32. The highest BCUT2D eigenvalue weighted by molar-refractivity contribution is 14.1. The molecule has 0 heterocycles. The van der Waals surface area contributed by atoms with Crippen LogP contribution in [0.2, 0.25) is 0 Å². The van der Waals surface area contributed by atoms with Gasteiger partial charge in [0.05, 0.1) is 5.41 Å². The normalized spacial score (nSPS) is 21.7. The first-order valence-electron chi connectivity index (χ1n) is 14.3. The fraction of sp³-hybridized carbons (Fsp3) is 0.135. The van der Waals surface area contributed by atoms with Gasteiger partial charge in [-0.05, 0) is 68.5 Å². The maximum absolute atomic E-state index is 14.9. The number of rotatable bonds is 6. The molecule has 0 saturated carbocycles. The molecule has 228 valence electrons. The van der Waals surface area contributed by atoms with Gasteiger partial charge in [0.1, 0.15) is 10.3 Å². The van der Waals surface area contributed by atoms with Crippen LogP contribution in [0.3, 0.4) is 0 Å². The molecule has 2 aliphatic rings. The van der Waals surface area contributed by atoms with Crippen molar-refractivity contribution in [3.8, 4) is 0 Å². The van der Waals surface area contributed by atoms with Crippen LogP contribution >= 0.6 is 22.6 Å². The van der Waals surface area contributed by atoms with Gasteiger partial charge in [-0.15, -0.1) is 0 Å². The summed E-state index contributed by atoms with van der Waals surface area (Å²) in [6.45, 7) is 0. The number of allylic oxidation sites excluding steroid dienone is 7. The fourth-order valence-corrected chi connectivity index (χ4v) is 9.18. The van der Waals surface area contributed by atoms with Crippen molar-refractivity contribution >= 4 is 32.7 Å². The molecule has 2 atom stereocenters. The largest absolute Gasteiger partial charge is 0.402 e. The summed E-state index contributed by atoms with van der Waals surface area (Å²) in [6, 6.07) is 36.4. The minimum absolute atomic E-state index is 0.120. The topological polar surface area (TPSA) is 54.4 Å². The summed E-state index contributed by atoms with van der Waals surface area (Å²) in [5, 5.41) is 0. The summed E-state index contributed by atoms with van der Waals surface area (Å²) in [4.78, 5) is -0.278. The molecule has 8 heteroatoms. The van der Waals surface area contributed by atoms with E-state index in [1.807, 2.05) is 114 Å². The first-order chi connectivity index (χ1) is 21.5. The predicted octanol–water partition coefficient (Wildman–Crippen LogP) is 9.62. The molecule has 0 bridgehead atoms. The zero-order valence-electron chi connectivity index (χ0n) is 23.8. The van der Waals surface area contributed by atoms with Crippen LogP contribution in [-0.2, 0) is 20.9 Å². The molecule has 0 saturated heterocycles. The maximum atomic E-state index is 14.9. The molecule has 6 rings (SSSR count). The summed E-state index contributed by atoms with van der Waals surface area (Å²) in [7, 11) is -4.73. The molecular formula is C37H28F3IO3S. The number of halogens is 4. The van der Waals surface area contributed by atoms with Crippen LogP contribution in [0, 0.1) is 0 Å². The second-order valence-electron chi connectivity index (χ2n) is 11.2. The van der Waals surface area contributed by atoms with E-state index < -0.39 is 33.0 Å². The van der Waals surface area contributed by atoms with Crippen molar-refractivity contribution in [1.29, 1.82) is 0 Å². The second kappa shape index (κ2) is 11.9. The van der Waals surface area contributed by atoms with E-state index >= 15 is 0 Å². The fourth-order valence-electron chi connectivity index (χ4n) is 6.73. The Hall–Kier alpha value is -3.73. The number of hydrogen-bond acceptors (Lipinski definition) is 2. The SMILES string of the molecule is O=S(=O)(O)C1=C(I)C(c2ccccc2)C(c2ccccc2)(c2ccccc2)C(C2=CCC(c3ccccc3)(C(F)(F)F)C=C2)=C1. The minimum atomic E-state index is -4.73. The average Bonchev–Trinajstić information content (AvgIpc) is 3.05. The Morgan fingerprint density at radius 2 is 1.20 bits per heavy atom. The predicted molar refractivity (Wildman–Crippen MR) is 180 cm³/mol. The van der Waals surface area contributed by atoms with Crippen LogP contribution in [-0.4, -0.2) is 19.1 Å². The zero-order chi connectivity index (χ0) is 31.9. The Labute approximate surface area is 274 Å². The Kier molecular flexibility index (Phi) is 8.26. The Balaban J connectivity index is 1.69. The van der Waals surface area contributed by atoms with E-state index in [2.05, 4.69) is 0 Å². The van der Waals surface area contributed by atoms with E-state index in [0.29, 0.717) is 14.7 Å². The smallest absolute Gasteiger partial charge is 0.282 e. The van der Waals surface area contributed by atoms with Crippen LogP contribution in [0.4, 0.5) is 13.2 Å². The molecule has 4 aromatic rings. The summed E-state index contributed by atoms with van der Waals surface area (Å²) < 4.78 is 81.5. The maximum Gasteiger partial charge on any atom is 0.402 e. The van der Waals surface area contributed by atoms with Crippen LogP contribution in [0.1, 0.15) is 34.6 Å². The van der Waals surface area contributed by atoms with Crippen molar-refractivity contribution in [3.63, 3.8) is 0 Å². The van der Waals surface area contributed by atoms with Crippen LogP contribution in [0.15, 0.2) is 165 Å². The molecule has 3 nitrogen and oxygen atoms in total. The van der Waals surface area contributed by atoms with Gasteiger partial charge in [0.2, 0.25) is 0 Å². The second-order valence-corrected chi connectivity index (χ2v) is 13.7. The van der Waals surface area contributed by atoms with E-state index in [4.69, 9.17) is 0 Å². The molecule has 0 fully saturated rings. The Morgan fingerprint density at radius 1 is 0.733 bits per heavy atom. The third-order valence-electron chi connectivity index (χ3n) is 8.79. The summed E-state index contributed by atoms with van der Waals surface area (Å²) >= 11 is 2.00. The summed E-state index contributed by atoms with van der Waals surface area (Å²) in [5.41, 5.74) is 0.130. The summed E-state index contributed by atoms with van der Waals surface area (Å²) in [6.07, 6.45) is 0.655. The highest BCUT2D eigenvalue weighted by Gasteiger charge is 2.56. The van der Waals surface area contributed by atoms with E-state index in [0.717, 1.165) is 16.7 Å². The third-order valence-corrected chi connectivity index (χ3v) is 11.3. The van der Waals surface area contributed by atoms with Gasteiger partial charge < -0.3 is 0 Å². The minimum Gasteiger partial charge on any atom is -0.282 e. The average molecular weight is 737 g/mol. The van der Waals surface area contributed by atoms with Gasteiger partial charge in [0, 0.05) is 9.50 Å². The molecule has 0 amide bonds. The zero-order valence-corrected chi connectivity index (χ0v) is 26.8. The van der Waals surface area contributed by atoms with Gasteiger partial charge in [-0.3, -0.25) is 4.55 Å². The van der Waals surface area contributed by atoms with Gasteiger partial charge in [0.15, 0.2) is 0 Å². The molecule has 4 aromatic carbocycles. The van der Waals surface area contributed by atoms with Crippen molar-refractivity contribution in [2.75, 3.05) is 0 Å². The van der Waals surface area contributed by atoms with Crippen LogP contribution < -0.4 is 0 Å². The van der Waals surface area contributed by atoms with Crippen molar-refractivity contribution in [2.45, 2.75) is 29.3 Å². The van der Waals surface area contributed by atoms with Crippen LogP contribution in [0.25, 0.3) is 0 Å². The molecule has 0 spiro atoms. The Morgan fingerprint density at radius 3 is 1.62 bits per heavy atom. The number of alkyl halides is 3. The van der Waals surface area contributed by atoms with E-state index in [1.54, 1.807) is 24.3 Å². The first-order valence-corrected chi connectivity index (χ1v) is 16.8.